The Morgan fingerprint density at radius 3 is 2.47 bits per heavy atom. The van der Waals surface area contributed by atoms with Gasteiger partial charge in [-0.15, -0.1) is 0 Å². The van der Waals surface area contributed by atoms with Crippen LogP contribution in [0.15, 0.2) is 0 Å². The molecule has 0 aromatic rings. The van der Waals surface area contributed by atoms with Crippen molar-refractivity contribution in [1.29, 1.82) is 0 Å². The monoisotopic (exact) mass is 285 g/mol. The van der Waals surface area contributed by atoms with Gasteiger partial charge in [0.1, 0.15) is 0 Å². The lowest BCUT2D eigenvalue weighted by Gasteiger charge is -2.05. The van der Waals surface area contributed by atoms with Gasteiger partial charge >= 0.3 is 7.82 Å². The van der Waals surface area contributed by atoms with Crippen molar-refractivity contribution in [2.75, 3.05) is 18.9 Å². The highest BCUT2D eigenvalue weighted by Crippen LogP contribution is 2.35. The number of carbonyl (C=O) groups excluding carboxylic acids is 1. The maximum atomic E-state index is 11.0. The van der Waals surface area contributed by atoms with Gasteiger partial charge in [-0.1, -0.05) is 12.8 Å². The molecule has 0 saturated heterocycles. The topological polar surface area (TPSA) is 95.9 Å². The molecule has 17 heavy (non-hydrogen) atoms. The summed E-state index contributed by atoms with van der Waals surface area (Å²) >= 11 is 3.95. The van der Waals surface area contributed by atoms with E-state index >= 15 is 0 Å². The lowest BCUT2D eigenvalue weighted by atomic mass is 10.2. The average Bonchev–Trinajstić information content (AvgIpc) is 2.21. The van der Waals surface area contributed by atoms with Gasteiger partial charge in [0.2, 0.25) is 5.91 Å². The van der Waals surface area contributed by atoms with Crippen molar-refractivity contribution in [3.05, 3.63) is 0 Å². The van der Waals surface area contributed by atoms with Crippen LogP contribution in [0.1, 0.15) is 32.1 Å². The molecule has 0 aliphatic rings. The Morgan fingerprint density at radius 2 is 1.88 bits per heavy atom. The molecule has 0 rings (SSSR count). The van der Waals surface area contributed by atoms with E-state index in [1.54, 1.807) is 0 Å². The van der Waals surface area contributed by atoms with Gasteiger partial charge in [-0.25, -0.2) is 4.57 Å². The molecular weight excluding hydrogens is 265 g/mol. The Hall–Kier alpha value is -0.0700. The largest absolute Gasteiger partial charge is 0.469 e. The van der Waals surface area contributed by atoms with Gasteiger partial charge in [-0.05, 0) is 18.6 Å². The molecule has 3 N–H and O–H groups in total. The van der Waals surface area contributed by atoms with Gasteiger partial charge in [0.15, 0.2) is 0 Å². The molecule has 0 radical (unpaired) electrons. The van der Waals surface area contributed by atoms with E-state index in [1.165, 1.54) is 0 Å². The zero-order valence-electron chi connectivity index (χ0n) is 9.67. The summed E-state index contributed by atoms with van der Waals surface area (Å²) < 4.78 is 14.6. The Kier molecular flexibility index (Phi) is 9.87. The van der Waals surface area contributed by atoms with Crippen LogP contribution < -0.4 is 5.32 Å². The molecule has 102 valence electrons. The molecule has 8 heteroatoms. The summed E-state index contributed by atoms with van der Waals surface area (Å²) in [4.78, 5) is 27.8. The Labute approximate surface area is 107 Å². The van der Waals surface area contributed by atoms with E-state index in [2.05, 4.69) is 22.5 Å². The first-order valence-corrected chi connectivity index (χ1v) is 7.69. The second-order valence-electron chi connectivity index (χ2n) is 3.56. The van der Waals surface area contributed by atoms with E-state index in [0.717, 1.165) is 19.3 Å². The molecule has 0 aromatic heterocycles. The summed E-state index contributed by atoms with van der Waals surface area (Å²) in [6, 6.07) is 0. The fraction of sp³-hybridized carbons (Fsp3) is 0.889. The van der Waals surface area contributed by atoms with Gasteiger partial charge in [0.25, 0.3) is 0 Å². The van der Waals surface area contributed by atoms with Crippen LogP contribution in [0.3, 0.4) is 0 Å². The van der Waals surface area contributed by atoms with Gasteiger partial charge in [-0.3, -0.25) is 9.32 Å². The first kappa shape index (κ1) is 16.9. The normalized spacial score (nSPS) is 11.5. The predicted octanol–water partition coefficient (Wildman–Crippen LogP) is 1.09. The predicted molar refractivity (Wildman–Crippen MR) is 67.9 cm³/mol. The standard InChI is InChI=1S/C9H20NO5PS/c11-9(5-8-17)10-6-3-1-2-4-7-15-16(12,13)14/h17H,1-8H2,(H,10,11)(H2,12,13,14). The van der Waals surface area contributed by atoms with E-state index < -0.39 is 7.82 Å². The second kappa shape index (κ2) is 9.91. The van der Waals surface area contributed by atoms with E-state index in [-0.39, 0.29) is 12.5 Å². The van der Waals surface area contributed by atoms with Crippen LogP contribution in [0, 0.1) is 0 Å². The third-order valence-corrected chi connectivity index (χ3v) is 2.73. The highest BCUT2D eigenvalue weighted by atomic mass is 32.1. The Morgan fingerprint density at radius 1 is 1.24 bits per heavy atom. The number of phosphoric acid groups is 1. The zero-order valence-corrected chi connectivity index (χ0v) is 11.5. The summed E-state index contributed by atoms with van der Waals surface area (Å²) in [7, 11) is -4.31. The number of phosphoric ester groups is 1. The van der Waals surface area contributed by atoms with Gasteiger partial charge in [0.05, 0.1) is 6.61 Å². The highest BCUT2D eigenvalue weighted by molar-refractivity contribution is 7.80. The summed E-state index contributed by atoms with van der Waals surface area (Å²) in [5.74, 6) is 0.552. The fourth-order valence-corrected chi connectivity index (χ4v) is 1.75. The number of hydrogen-bond acceptors (Lipinski definition) is 4. The van der Waals surface area contributed by atoms with E-state index in [1.807, 2.05) is 0 Å². The van der Waals surface area contributed by atoms with E-state index in [0.29, 0.717) is 25.1 Å². The SMILES string of the molecule is O=C(CCS)NCCCCCCOP(=O)(O)O. The van der Waals surface area contributed by atoms with Crippen LogP contribution in [-0.2, 0) is 13.9 Å². The van der Waals surface area contributed by atoms with Crippen molar-refractivity contribution in [2.45, 2.75) is 32.1 Å². The van der Waals surface area contributed by atoms with Gasteiger partial charge < -0.3 is 15.1 Å². The molecule has 0 unspecified atom stereocenters. The van der Waals surface area contributed by atoms with Crippen LogP contribution in [0.2, 0.25) is 0 Å². The molecule has 0 heterocycles. The third-order valence-electron chi connectivity index (χ3n) is 1.99. The molecular formula is C9H20NO5PS. The fourth-order valence-electron chi connectivity index (χ4n) is 1.18. The third kappa shape index (κ3) is 13.9. The molecule has 0 spiro atoms. The Bertz CT molecular complexity index is 258. The quantitative estimate of drug-likeness (QED) is 0.274. The summed E-state index contributed by atoms with van der Waals surface area (Å²) in [6.45, 7) is 0.697. The number of nitrogens with one attached hydrogen (secondary N) is 1. The summed E-state index contributed by atoms with van der Waals surface area (Å²) in [5.41, 5.74) is 0. The molecule has 0 aromatic carbocycles. The summed E-state index contributed by atoms with van der Waals surface area (Å²) in [5, 5.41) is 2.76. The van der Waals surface area contributed by atoms with Crippen molar-refractivity contribution in [3.8, 4) is 0 Å². The Balaban J connectivity index is 3.19. The van der Waals surface area contributed by atoms with E-state index in [9.17, 15) is 9.36 Å². The maximum absolute atomic E-state index is 11.0. The van der Waals surface area contributed by atoms with Crippen LogP contribution in [-0.4, -0.2) is 34.6 Å². The molecule has 0 bridgehead atoms. The van der Waals surface area contributed by atoms with Crippen molar-refractivity contribution >= 4 is 26.4 Å². The molecule has 1 amide bonds. The molecule has 6 nitrogen and oxygen atoms in total. The number of hydrogen-bond donors (Lipinski definition) is 4. The van der Waals surface area contributed by atoms with Gasteiger partial charge in [-0.2, -0.15) is 12.6 Å². The maximum Gasteiger partial charge on any atom is 0.469 e. The van der Waals surface area contributed by atoms with Crippen LogP contribution in [0.5, 0.6) is 0 Å². The van der Waals surface area contributed by atoms with Crippen molar-refractivity contribution in [1.82, 2.24) is 5.32 Å². The van der Waals surface area contributed by atoms with Crippen molar-refractivity contribution in [2.24, 2.45) is 0 Å². The van der Waals surface area contributed by atoms with Gasteiger partial charge in [0, 0.05) is 13.0 Å². The second-order valence-corrected chi connectivity index (χ2v) is 5.25. The first-order chi connectivity index (χ1) is 7.95. The smallest absolute Gasteiger partial charge is 0.356 e. The first-order valence-electron chi connectivity index (χ1n) is 5.53. The molecule has 0 aliphatic heterocycles. The minimum absolute atomic E-state index is 0.00447. The average molecular weight is 285 g/mol. The summed E-state index contributed by atoms with van der Waals surface area (Å²) in [6.07, 6.45) is 3.61. The van der Waals surface area contributed by atoms with Crippen molar-refractivity contribution in [3.63, 3.8) is 0 Å². The minimum atomic E-state index is -4.31. The molecule has 0 atom stereocenters. The number of carbonyl (C=O) groups is 1. The lowest BCUT2D eigenvalue weighted by molar-refractivity contribution is -0.120. The number of rotatable bonds is 10. The molecule has 0 saturated carbocycles. The number of thiol groups is 1. The van der Waals surface area contributed by atoms with Crippen LogP contribution in [0.4, 0.5) is 0 Å². The molecule has 0 aliphatic carbocycles. The van der Waals surface area contributed by atoms with Crippen LogP contribution >= 0.6 is 20.5 Å². The zero-order chi connectivity index (χ0) is 13.1. The number of unbranched alkanes of at least 4 members (excludes halogenated alkanes) is 3. The highest BCUT2D eigenvalue weighted by Gasteiger charge is 2.12. The van der Waals surface area contributed by atoms with Crippen molar-refractivity contribution < 1.29 is 23.7 Å². The number of amides is 1. The minimum Gasteiger partial charge on any atom is -0.356 e. The lowest BCUT2D eigenvalue weighted by Crippen LogP contribution is -2.24. The van der Waals surface area contributed by atoms with E-state index in [4.69, 9.17) is 9.79 Å². The van der Waals surface area contributed by atoms with Crippen LogP contribution in [0.25, 0.3) is 0 Å². The molecule has 0 fully saturated rings.